The molecule has 1 atom stereocenters. The molecule has 5 nitrogen and oxygen atoms in total. The van der Waals surface area contributed by atoms with Gasteiger partial charge in [0.25, 0.3) is 0 Å². The highest BCUT2D eigenvalue weighted by Gasteiger charge is 2.33. The third kappa shape index (κ3) is 3.25. The molecule has 1 aliphatic rings. The first kappa shape index (κ1) is 18.5. The van der Waals surface area contributed by atoms with Crippen LogP contribution in [0.4, 0.5) is 10.5 Å². The minimum absolute atomic E-state index is 0.147. The van der Waals surface area contributed by atoms with Crippen LogP contribution in [0.2, 0.25) is 0 Å². The van der Waals surface area contributed by atoms with Gasteiger partial charge >= 0.3 is 6.03 Å². The number of carbonyl (C=O) groups is 1. The van der Waals surface area contributed by atoms with Crippen molar-refractivity contribution in [3.63, 3.8) is 0 Å². The Balaban J connectivity index is 1.59. The number of para-hydroxylation sites is 1. The van der Waals surface area contributed by atoms with E-state index in [0.717, 1.165) is 21.8 Å². The van der Waals surface area contributed by atoms with E-state index < -0.39 is 0 Å². The molecule has 1 N–H and O–H groups in total. The smallest absolute Gasteiger partial charge is 0.323 e. The monoisotopic (exact) mass is 415 g/mol. The average molecular weight is 416 g/mol. The second kappa shape index (κ2) is 7.72. The maximum Gasteiger partial charge on any atom is 0.323 e. The van der Waals surface area contributed by atoms with E-state index in [1.807, 2.05) is 53.4 Å². The maximum absolute atomic E-state index is 13.5. The van der Waals surface area contributed by atoms with Crippen LogP contribution in [0, 0.1) is 0 Å². The van der Waals surface area contributed by atoms with E-state index in [9.17, 15) is 4.79 Å². The zero-order chi connectivity index (χ0) is 20.5. The van der Waals surface area contributed by atoms with Gasteiger partial charge in [-0.1, -0.05) is 30.3 Å². The van der Waals surface area contributed by atoms with E-state index in [1.165, 1.54) is 0 Å². The molecule has 6 heteroatoms. The highest BCUT2D eigenvalue weighted by Crippen LogP contribution is 2.38. The van der Waals surface area contributed by atoms with E-state index in [-0.39, 0.29) is 12.1 Å². The number of fused-ring (bicyclic) bond motifs is 3. The van der Waals surface area contributed by atoms with Gasteiger partial charge in [-0.15, -0.1) is 11.3 Å². The highest BCUT2D eigenvalue weighted by atomic mass is 32.1. The molecule has 0 saturated heterocycles. The number of nitrogens with one attached hydrogen (secondary N) is 1. The van der Waals surface area contributed by atoms with Gasteiger partial charge in [0.05, 0.1) is 25.0 Å². The van der Waals surface area contributed by atoms with Crippen LogP contribution < -0.4 is 10.1 Å². The Morgan fingerprint density at radius 1 is 1.07 bits per heavy atom. The van der Waals surface area contributed by atoms with Gasteiger partial charge in [-0.2, -0.15) is 0 Å². The van der Waals surface area contributed by atoms with Crippen molar-refractivity contribution in [2.75, 3.05) is 12.4 Å². The second-order valence-electron chi connectivity index (χ2n) is 7.14. The molecule has 0 bridgehead atoms. The quantitative estimate of drug-likeness (QED) is 0.468. The van der Waals surface area contributed by atoms with Crippen molar-refractivity contribution in [2.45, 2.75) is 12.6 Å². The Kier molecular flexibility index (Phi) is 4.77. The molecule has 3 heterocycles. The number of aromatic nitrogens is 1. The number of anilines is 1. The number of rotatable bonds is 3. The Bertz CT molecular complexity index is 1180. The summed E-state index contributed by atoms with van der Waals surface area (Å²) >= 11 is 1.66. The van der Waals surface area contributed by atoms with Crippen LogP contribution in [0.5, 0.6) is 5.75 Å². The first-order valence-corrected chi connectivity index (χ1v) is 10.6. The first-order valence-electron chi connectivity index (χ1n) is 9.75. The molecule has 0 aliphatic carbocycles. The summed E-state index contributed by atoms with van der Waals surface area (Å²) in [5.74, 6) is 0.706. The molecular formula is C24H21N3O2S. The maximum atomic E-state index is 13.5. The molecule has 5 rings (SSSR count). The fourth-order valence-corrected chi connectivity index (χ4v) is 4.83. The van der Waals surface area contributed by atoms with Gasteiger partial charge in [0.15, 0.2) is 0 Å². The minimum Gasteiger partial charge on any atom is -0.497 e. The van der Waals surface area contributed by atoms with Crippen molar-refractivity contribution >= 4 is 23.1 Å². The summed E-state index contributed by atoms with van der Waals surface area (Å²) in [5.41, 5.74) is 3.99. The van der Waals surface area contributed by atoms with E-state index in [2.05, 4.69) is 45.7 Å². The van der Waals surface area contributed by atoms with Crippen LogP contribution in [-0.2, 0) is 6.54 Å². The van der Waals surface area contributed by atoms with Crippen molar-refractivity contribution in [3.05, 3.63) is 101 Å². The van der Waals surface area contributed by atoms with Gasteiger partial charge < -0.3 is 19.5 Å². The molecule has 0 saturated carbocycles. The van der Waals surface area contributed by atoms with E-state index >= 15 is 0 Å². The Hall–Kier alpha value is -3.51. The molecule has 1 aliphatic heterocycles. The number of thiophene rings is 1. The molecule has 0 radical (unpaired) electrons. The van der Waals surface area contributed by atoms with Crippen molar-refractivity contribution in [3.8, 4) is 11.4 Å². The highest BCUT2D eigenvalue weighted by molar-refractivity contribution is 7.10. The molecule has 2 aromatic heterocycles. The number of ether oxygens (including phenoxy) is 1. The zero-order valence-corrected chi connectivity index (χ0v) is 17.3. The summed E-state index contributed by atoms with van der Waals surface area (Å²) in [6.45, 7) is 0.510. The summed E-state index contributed by atoms with van der Waals surface area (Å²) in [6, 6.07) is 23.6. The molecule has 0 fully saturated rings. The summed E-state index contributed by atoms with van der Waals surface area (Å²) in [5, 5.41) is 5.12. The lowest BCUT2D eigenvalue weighted by Gasteiger charge is -2.30. The number of carbonyl (C=O) groups excluding carboxylic acids is 1. The molecule has 0 spiro atoms. The van der Waals surface area contributed by atoms with Crippen LogP contribution in [0.25, 0.3) is 5.69 Å². The Morgan fingerprint density at radius 3 is 2.80 bits per heavy atom. The molecular weight excluding hydrogens is 394 g/mol. The van der Waals surface area contributed by atoms with Gasteiger partial charge in [0.2, 0.25) is 0 Å². The average Bonchev–Trinajstić information content (AvgIpc) is 3.45. The van der Waals surface area contributed by atoms with Gasteiger partial charge in [-0.3, -0.25) is 0 Å². The number of urea groups is 1. The number of methoxy groups -OCH3 is 1. The molecule has 2 amide bonds. The van der Waals surface area contributed by atoms with E-state index in [1.54, 1.807) is 18.4 Å². The minimum atomic E-state index is -0.182. The van der Waals surface area contributed by atoms with Crippen molar-refractivity contribution in [1.82, 2.24) is 9.47 Å². The SMILES string of the molecule is COc1cccc(NC(=O)N2Cc3ccccc3-n3cccc3[C@H]2c2cccs2)c1. The lowest BCUT2D eigenvalue weighted by atomic mass is 10.1. The zero-order valence-electron chi connectivity index (χ0n) is 16.5. The van der Waals surface area contributed by atoms with Crippen molar-refractivity contribution < 1.29 is 9.53 Å². The lowest BCUT2D eigenvalue weighted by molar-refractivity contribution is 0.195. The number of amides is 2. The normalized spacial score (nSPS) is 15.1. The van der Waals surface area contributed by atoms with Crippen LogP contribution in [0.1, 0.15) is 22.2 Å². The predicted octanol–water partition coefficient (Wildman–Crippen LogP) is 5.68. The van der Waals surface area contributed by atoms with Crippen LogP contribution >= 0.6 is 11.3 Å². The second-order valence-corrected chi connectivity index (χ2v) is 8.12. The summed E-state index contributed by atoms with van der Waals surface area (Å²) in [7, 11) is 1.62. The third-order valence-electron chi connectivity index (χ3n) is 5.36. The van der Waals surface area contributed by atoms with E-state index in [0.29, 0.717) is 18.0 Å². The summed E-state index contributed by atoms with van der Waals surface area (Å²) in [4.78, 5) is 16.6. The molecule has 4 aromatic rings. The standard InChI is InChI=1S/C24H21N3O2S/c1-29-19-9-4-8-18(15-19)25-24(28)27-16-17-7-2-3-10-20(17)26-13-5-11-21(26)23(27)22-12-6-14-30-22/h2-15,23H,16H2,1H3,(H,25,28)/t23-/m0/s1. The van der Waals surface area contributed by atoms with Gasteiger partial charge in [0, 0.05) is 22.8 Å². The molecule has 30 heavy (non-hydrogen) atoms. The van der Waals surface area contributed by atoms with Crippen molar-refractivity contribution in [1.29, 1.82) is 0 Å². The van der Waals surface area contributed by atoms with Crippen molar-refractivity contribution in [2.24, 2.45) is 0 Å². The lowest BCUT2D eigenvalue weighted by Crippen LogP contribution is -2.37. The fraction of sp³-hybridized carbons (Fsp3) is 0.125. The number of benzene rings is 2. The molecule has 2 aromatic carbocycles. The Morgan fingerprint density at radius 2 is 1.97 bits per heavy atom. The van der Waals surface area contributed by atoms with Gasteiger partial charge in [-0.25, -0.2) is 4.79 Å². The fourth-order valence-electron chi connectivity index (χ4n) is 3.98. The first-order chi connectivity index (χ1) is 14.7. The topological polar surface area (TPSA) is 46.5 Å². The van der Waals surface area contributed by atoms with E-state index in [4.69, 9.17) is 4.74 Å². The van der Waals surface area contributed by atoms with Crippen LogP contribution in [-0.4, -0.2) is 22.6 Å². The Labute approximate surface area is 179 Å². The van der Waals surface area contributed by atoms with Crippen LogP contribution in [0.15, 0.2) is 84.4 Å². The largest absolute Gasteiger partial charge is 0.497 e. The predicted molar refractivity (Wildman–Crippen MR) is 119 cm³/mol. The van der Waals surface area contributed by atoms with Crippen LogP contribution in [0.3, 0.4) is 0 Å². The molecule has 150 valence electrons. The number of hydrogen-bond donors (Lipinski definition) is 1. The third-order valence-corrected chi connectivity index (χ3v) is 6.28. The van der Waals surface area contributed by atoms with Gasteiger partial charge in [0.1, 0.15) is 11.8 Å². The summed E-state index contributed by atoms with van der Waals surface area (Å²) < 4.78 is 7.49. The number of nitrogens with zero attached hydrogens (tertiary/aromatic N) is 2. The number of hydrogen-bond acceptors (Lipinski definition) is 3. The van der Waals surface area contributed by atoms with Gasteiger partial charge in [-0.05, 0) is 47.3 Å². The summed E-state index contributed by atoms with van der Waals surface area (Å²) in [6.07, 6.45) is 2.07. The molecule has 0 unspecified atom stereocenters.